The van der Waals surface area contributed by atoms with Crippen molar-refractivity contribution in [3.05, 3.63) is 29.6 Å². The Labute approximate surface area is 105 Å². The van der Waals surface area contributed by atoms with Crippen molar-refractivity contribution in [1.29, 1.82) is 0 Å². The fraction of sp³-hybridized carbons (Fsp3) is 0.462. The summed E-state index contributed by atoms with van der Waals surface area (Å²) < 4.78 is 2.24. The van der Waals surface area contributed by atoms with Gasteiger partial charge in [0, 0.05) is 25.3 Å². The van der Waals surface area contributed by atoms with Crippen molar-refractivity contribution in [3.8, 4) is 0 Å². The molecule has 1 fully saturated rings. The van der Waals surface area contributed by atoms with E-state index in [1.807, 2.05) is 11.8 Å². The molecule has 3 rings (SSSR count). The van der Waals surface area contributed by atoms with Crippen LogP contribution in [0.15, 0.2) is 18.2 Å². The SMILES string of the molecule is Cn1c(C2CCSC2)nc2cc(CN)ccc21. The predicted octanol–water partition coefficient (Wildman–Crippen LogP) is 2.25. The Hall–Kier alpha value is -1.00. The van der Waals surface area contributed by atoms with E-state index in [9.17, 15) is 0 Å². The third-order valence-corrected chi connectivity index (χ3v) is 4.67. The lowest BCUT2D eigenvalue weighted by molar-refractivity contribution is 0.680. The van der Waals surface area contributed by atoms with Crippen LogP contribution >= 0.6 is 11.8 Å². The number of benzene rings is 1. The van der Waals surface area contributed by atoms with Gasteiger partial charge in [-0.3, -0.25) is 0 Å². The van der Waals surface area contributed by atoms with Crippen molar-refractivity contribution in [3.63, 3.8) is 0 Å². The molecule has 2 heterocycles. The maximum absolute atomic E-state index is 5.67. The summed E-state index contributed by atoms with van der Waals surface area (Å²) in [6, 6.07) is 6.34. The minimum atomic E-state index is 0.584. The van der Waals surface area contributed by atoms with Crippen LogP contribution in [-0.2, 0) is 13.6 Å². The van der Waals surface area contributed by atoms with Gasteiger partial charge in [-0.05, 0) is 29.9 Å². The van der Waals surface area contributed by atoms with Gasteiger partial charge < -0.3 is 10.3 Å². The summed E-state index contributed by atoms with van der Waals surface area (Å²) in [5, 5.41) is 0. The fourth-order valence-corrected chi connectivity index (χ4v) is 3.71. The quantitative estimate of drug-likeness (QED) is 0.885. The molecule has 0 spiro atoms. The summed E-state index contributed by atoms with van der Waals surface area (Å²) in [5.41, 5.74) is 9.13. The molecule has 1 unspecified atom stereocenters. The Morgan fingerprint density at radius 2 is 2.41 bits per heavy atom. The first-order valence-corrected chi connectivity index (χ1v) is 7.18. The maximum Gasteiger partial charge on any atom is 0.113 e. The highest BCUT2D eigenvalue weighted by atomic mass is 32.2. The standard InChI is InChI=1S/C13H17N3S/c1-16-12-3-2-9(7-14)6-11(12)15-13(16)10-4-5-17-8-10/h2-3,6,10H,4-5,7-8,14H2,1H3. The third kappa shape index (κ3) is 1.85. The number of nitrogens with zero attached hydrogens (tertiary/aromatic N) is 2. The van der Waals surface area contributed by atoms with E-state index in [-0.39, 0.29) is 0 Å². The second-order valence-electron chi connectivity index (χ2n) is 4.62. The smallest absolute Gasteiger partial charge is 0.113 e. The fourth-order valence-electron chi connectivity index (χ4n) is 2.49. The van der Waals surface area contributed by atoms with Crippen LogP contribution in [0.4, 0.5) is 0 Å². The van der Waals surface area contributed by atoms with E-state index < -0.39 is 0 Å². The molecule has 2 N–H and O–H groups in total. The van der Waals surface area contributed by atoms with Crippen LogP contribution in [0.5, 0.6) is 0 Å². The monoisotopic (exact) mass is 247 g/mol. The largest absolute Gasteiger partial charge is 0.331 e. The van der Waals surface area contributed by atoms with Crippen LogP contribution in [0.3, 0.4) is 0 Å². The van der Waals surface area contributed by atoms with Crippen molar-refractivity contribution >= 4 is 22.8 Å². The molecule has 17 heavy (non-hydrogen) atoms. The van der Waals surface area contributed by atoms with E-state index in [4.69, 9.17) is 10.7 Å². The molecule has 1 aliphatic rings. The molecule has 1 atom stereocenters. The van der Waals surface area contributed by atoms with Crippen LogP contribution in [0, 0.1) is 0 Å². The second kappa shape index (κ2) is 4.35. The molecule has 2 aromatic rings. The van der Waals surface area contributed by atoms with Gasteiger partial charge in [-0.25, -0.2) is 4.98 Å². The lowest BCUT2D eigenvalue weighted by Gasteiger charge is -2.07. The Morgan fingerprint density at radius 3 is 3.12 bits per heavy atom. The van der Waals surface area contributed by atoms with Gasteiger partial charge in [0.1, 0.15) is 5.82 Å². The molecule has 0 radical (unpaired) electrons. The zero-order chi connectivity index (χ0) is 11.8. The highest BCUT2D eigenvalue weighted by molar-refractivity contribution is 7.99. The van der Waals surface area contributed by atoms with Crippen LogP contribution in [0.25, 0.3) is 11.0 Å². The number of aryl methyl sites for hydroxylation is 1. The Kier molecular flexibility index (Phi) is 2.84. The average Bonchev–Trinajstić information content (AvgIpc) is 2.97. The van der Waals surface area contributed by atoms with E-state index >= 15 is 0 Å². The number of fused-ring (bicyclic) bond motifs is 1. The highest BCUT2D eigenvalue weighted by Gasteiger charge is 2.22. The summed E-state index contributed by atoms with van der Waals surface area (Å²) in [4.78, 5) is 4.80. The van der Waals surface area contributed by atoms with Gasteiger partial charge >= 0.3 is 0 Å². The maximum atomic E-state index is 5.67. The van der Waals surface area contributed by atoms with Crippen LogP contribution < -0.4 is 5.73 Å². The second-order valence-corrected chi connectivity index (χ2v) is 5.77. The first kappa shape index (κ1) is 11.1. The highest BCUT2D eigenvalue weighted by Crippen LogP contribution is 2.33. The summed E-state index contributed by atoms with van der Waals surface area (Å²) in [6.45, 7) is 0.584. The number of thioether (sulfide) groups is 1. The van der Waals surface area contributed by atoms with Crippen molar-refractivity contribution in [1.82, 2.24) is 9.55 Å². The van der Waals surface area contributed by atoms with E-state index in [1.165, 1.54) is 29.3 Å². The molecule has 0 amide bonds. The van der Waals surface area contributed by atoms with Crippen LogP contribution in [-0.4, -0.2) is 21.1 Å². The van der Waals surface area contributed by atoms with Gasteiger partial charge in [-0.1, -0.05) is 6.07 Å². The lowest BCUT2D eigenvalue weighted by atomic mass is 10.1. The lowest BCUT2D eigenvalue weighted by Crippen LogP contribution is -2.05. The summed E-state index contributed by atoms with van der Waals surface area (Å²) in [7, 11) is 2.12. The van der Waals surface area contributed by atoms with Crippen LogP contribution in [0.2, 0.25) is 0 Å². The van der Waals surface area contributed by atoms with Gasteiger partial charge in [0.2, 0.25) is 0 Å². The van der Waals surface area contributed by atoms with Gasteiger partial charge in [-0.15, -0.1) is 0 Å². The predicted molar refractivity (Wildman–Crippen MR) is 73.3 cm³/mol. The van der Waals surface area contributed by atoms with Gasteiger partial charge in [0.15, 0.2) is 0 Å². The molecular formula is C13H17N3S. The molecule has 90 valence electrons. The minimum Gasteiger partial charge on any atom is -0.331 e. The first-order valence-electron chi connectivity index (χ1n) is 6.02. The summed E-state index contributed by atoms with van der Waals surface area (Å²) >= 11 is 2.03. The number of aromatic nitrogens is 2. The van der Waals surface area contributed by atoms with Crippen molar-refractivity contribution in [2.24, 2.45) is 12.8 Å². The normalized spacial score (nSPS) is 20.2. The van der Waals surface area contributed by atoms with E-state index in [0.717, 1.165) is 11.1 Å². The minimum absolute atomic E-state index is 0.584. The molecule has 1 aromatic heterocycles. The van der Waals surface area contributed by atoms with Gasteiger partial charge in [0.25, 0.3) is 0 Å². The number of nitrogens with two attached hydrogens (primary N) is 1. The third-order valence-electron chi connectivity index (χ3n) is 3.51. The zero-order valence-corrected chi connectivity index (χ0v) is 10.8. The van der Waals surface area contributed by atoms with Crippen LogP contribution in [0.1, 0.15) is 23.7 Å². The molecule has 0 bridgehead atoms. The van der Waals surface area contributed by atoms with Crippen molar-refractivity contribution in [2.75, 3.05) is 11.5 Å². The van der Waals surface area contributed by atoms with E-state index in [0.29, 0.717) is 12.5 Å². The molecule has 1 aromatic carbocycles. The molecule has 1 saturated heterocycles. The number of hydrogen-bond donors (Lipinski definition) is 1. The van der Waals surface area contributed by atoms with Gasteiger partial charge in [0.05, 0.1) is 11.0 Å². The molecule has 3 nitrogen and oxygen atoms in total. The Morgan fingerprint density at radius 1 is 1.53 bits per heavy atom. The summed E-state index contributed by atoms with van der Waals surface area (Å²) in [5.74, 6) is 4.33. The van der Waals surface area contributed by atoms with E-state index in [1.54, 1.807) is 0 Å². The molecule has 4 heteroatoms. The number of rotatable bonds is 2. The average molecular weight is 247 g/mol. The number of hydrogen-bond acceptors (Lipinski definition) is 3. The Balaban J connectivity index is 2.10. The van der Waals surface area contributed by atoms with Crippen molar-refractivity contribution in [2.45, 2.75) is 18.9 Å². The zero-order valence-electron chi connectivity index (χ0n) is 10.0. The van der Waals surface area contributed by atoms with Crippen molar-refractivity contribution < 1.29 is 0 Å². The first-order chi connectivity index (χ1) is 8.29. The molecule has 1 aliphatic heterocycles. The molecular weight excluding hydrogens is 230 g/mol. The Bertz CT molecular complexity index is 541. The molecule has 0 aliphatic carbocycles. The van der Waals surface area contributed by atoms with E-state index in [2.05, 4.69) is 29.8 Å². The summed E-state index contributed by atoms with van der Waals surface area (Å²) in [6.07, 6.45) is 1.26. The number of imidazole rings is 1. The molecule has 0 saturated carbocycles. The van der Waals surface area contributed by atoms with Gasteiger partial charge in [-0.2, -0.15) is 11.8 Å². The topological polar surface area (TPSA) is 43.8 Å².